The average Bonchev–Trinajstić information content (AvgIpc) is 2.78. The predicted molar refractivity (Wildman–Crippen MR) is 73.4 cm³/mol. The second kappa shape index (κ2) is 5.80. The zero-order valence-electron chi connectivity index (χ0n) is 8.57. The van der Waals surface area contributed by atoms with Crippen LogP contribution in [0.15, 0.2) is 39.6 Å². The van der Waals surface area contributed by atoms with Gasteiger partial charge in [0.05, 0.1) is 11.2 Å². The number of nitrogens with zero attached hydrogens (tertiary/aromatic N) is 1. The molecule has 1 atom stereocenters. The molecule has 2 aromatic rings. The minimum Gasteiger partial charge on any atom is -0.250 e. The second-order valence-corrected chi connectivity index (χ2v) is 5.53. The number of hydrogen-bond donors (Lipinski definition) is 0. The van der Waals surface area contributed by atoms with Gasteiger partial charge >= 0.3 is 0 Å². The van der Waals surface area contributed by atoms with Gasteiger partial charge in [-0.3, -0.25) is 0 Å². The first kappa shape index (κ1) is 12.1. The summed E-state index contributed by atoms with van der Waals surface area (Å²) < 4.78 is 1.10. The van der Waals surface area contributed by atoms with E-state index in [4.69, 9.17) is 11.6 Å². The SMILES string of the molecule is ClCC(Cc1cscn1)c1cccc(Br)c1. The molecule has 1 aromatic heterocycles. The molecule has 0 saturated carbocycles. The second-order valence-electron chi connectivity index (χ2n) is 3.59. The Kier molecular flexibility index (Phi) is 4.38. The van der Waals surface area contributed by atoms with Crippen LogP contribution >= 0.6 is 38.9 Å². The number of alkyl halides is 1. The number of hydrogen-bond acceptors (Lipinski definition) is 2. The van der Waals surface area contributed by atoms with Crippen LogP contribution in [-0.4, -0.2) is 10.9 Å². The molecule has 2 rings (SSSR count). The van der Waals surface area contributed by atoms with Crippen molar-refractivity contribution in [2.75, 3.05) is 5.88 Å². The lowest BCUT2D eigenvalue weighted by Gasteiger charge is -2.13. The van der Waals surface area contributed by atoms with Crippen molar-refractivity contribution in [3.63, 3.8) is 0 Å². The maximum absolute atomic E-state index is 6.03. The van der Waals surface area contributed by atoms with Crippen LogP contribution in [0.4, 0.5) is 0 Å². The molecule has 0 N–H and O–H groups in total. The van der Waals surface area contributed by atoms with Gasteiger partial charge in [-0.25, -0.2) is 4.98 Å². The van der Waals surface area contributed by atoms with Crippen LogP contribution in [0.25, 0.3) is 0 Å². The van der Waals surface area contributed by atoms with Crippen LogP contribution < -0.4 is 0 Å². The van der Waals surface area contributed by atoms with E-state index in [1.54, 1.807) is 11.3 Å². The molecule has 0 spiro atoms. The maximum atomic E-state index is 6.03. The topological polar surface area (TPSA) is 12.9 Å². The van der Waals surface area contributed by atoms with Crippen LogP contribution in [0.3, 0.4) is 0 Å². The van der Waals surface area contributed by atoms with Crippen LogP contribution in [0.2, 0.25) is 0 Å². The van der Waals surface area contributed by atoms with Gasteiger partial charge in [-0.1, -0.05) is 28.1 Å². The molecule has 0 saturated heterocycles. The molecule has 1 nitrogen and oxygen atoms in total. The summed E-state index contributed by atoms with van der Waals surface area (Å²) in [6.07, 6.45) is 0.906. The molecular formula is C12H11BrClNS. The van der Waals surface area contributed by atoms with Crippen LogP contribution in [-0.2, 0) is 6.42 Å². The molecule has 84 valence electrons. The molecule has 0 aliphatic rings. The van der Waals surface area contributed by atoms with E-state index in [1.165, 1.54) is 5.56 Å². The fraction of sp³-hybridized carbons (Fsp3) is 0.250. The molecule has 0 aliphatic heterocycles. The minimum absolute atomic E-state index is 0.335. The first-order valence-electron chi connectivity index (χ1n) is 4.98. The lowest BCUT2D eigenvalue weighted by Crippen LogP contribution is -2.04. The monoisotopic (exact) mass is 315 g/mol. The normalized spacial score (nSPS) is 12.6. The van der Waals surface area contributed by atoms with Crippen molar-refractivity contribution in [2.24, 2.45) is 0 Å². The van der Waals surface area contributed by atoms with Gasteiger partial charge in [0, 0.05) is 21.7 Å². The van der Waals surface area contributed by atoms with Crippen molar-refractivity contribution < 1.29 is 0 Å². The van der Waals surface area contributed by atoms with Gasteiger partial charge in [-0.05, 0) is 24.1 Å². The van der Waals surface area contributed by atoms with Crippen molar-refractivity contribution in [2.45, 2.75) is 12.3 Å². The van der Waals surface area contributed by atoms with Gasteiger partial charge in [-0.2, -0.15) is 0 Å². The summed E-state index contributed by atoms with van der Waals surface area (Å²) >= 11 is 11.1. The Hall–Kier alpha value is -0.380. The van der Waals surface area contributed by atoms with Crippen LogP contribution in [0.1, 0.15) is 17.2 Å². The summed E-state index contributed by atoms with van der Waals surface area (Å²) in [5.74, 6) is 0.954. The average molecular weight is 317 g/mol. The third kappa shape index (κ3) is 3.06. The fourth-order valence-corrected chi connectivity index (χ4v) is 2.89. The zero-order valence-corrected chi connectivity index (χ0v) is 11.7. The summed E-state index contributed by atoms with van der Waals surface area (Å²) in [6.45, 7) is 0. The summed E-state index contributed by atoms with van der Waals surface area (Å²) in [4.78, 5) is 4.30. The van der Waals surface area contributed by atoms with E-state index in [2.05, 4.69) is 38.4 Å². The molecule has 0 radical (unpaired) electrons. The molecule has 4 heteroatoms. The largest absolute Gasteiger partial charge is 0.250 e. The Balaban J connectivity index is 2.16. The first-order valence-corrected chi connectivity index (χ1v) is 7.25. The van der Waals surface area contributed by atoms with Gasteiger partial charge < -0.3 is 0 Å². The minimum atomic E-state index is 0.335. The highest BCUT2D eigenvalue weighted by molar-refractivity contribution is 9.10. The highest BCUT2D eigenvalue weighted by Gasteiger charge is 2.12. The highest BCUT2D eigenvalue weighted by Crippen LogP contribution is 2.24. The maximum Gasteiger partial charge on any atom is 0.0794 e. The molecule has 1 unspecified atom stereocenters. The van der Waals surface area contributed by atoms with Crippen molar-refractivity contribution in [3.8, 4) is 0 Å². The van der Waals surface area contributed by atoms with E-state index in [1.807, 2.05) is 17.6 Å². The van der Waals surface area contributed by atoms with Crippen molar-refractivity contribution in [3.05, 3.63) is 50.9 Å². The Morgan fingerprint density at radius 2 is 2.31 bits per heavy atom. The van der Waals surface area contributed by atoms with E-state index in [0.717, 1.165) is 16.6 Å². The van der Waals surface area contributed by atoms with E-state index < -0.39 is 0 Å². The number of rotatable bonds is 4. The van der Waals surface area contributed by atoms with Gasteiger partial charge in [-0.15, -0.1) is 22.9 Å². The van der Waals surface area contributed by atoms with E-state index in [0.29, 0.717) is 11.8 Å². The zero-order chi connectivity index (χ0) is 11.4. The van der Waals surface area contributed by atoms with E-state index in [9.17, 15) is 0 Å². The predicted octanol–water partition coefficient (Wildman–Crippen LogP) is 4.47. The molecule has 1 aromatic carbocycles. The number of aromatic nitrogens is 1. The molecule has 0 fully saturated rings. The molecule has 0 aliphatic carbocycles. The quantitative estimate of drug-likeness (QED) is 0.758. The van der Waals surface area contributed by atoms with Gasteiger partial charge in [0.2, 0.25) is 0 Å². The third-order valence-corrected chi connectivity index (χ3v) is 3.95. The summed E-state index contributed by atoms with van der Waals surface area (Å²) in [6, 6.07) is 8.31. The summed E-state index contributed by atoms with van der Waals surface area (Å²) in [5.41, 5.74) is 4.25. The van der Waals surface area contributed by atoms with Gasteiger partial charge in [0.25, 0.3) is 0 Å². The standard InChI is InChI=1S/C12H11BrClNS/c13-11-3-1-2-9(4-11)10(6-14)5-12-7-16-8-15-12/h1-4,7-8,10H,5-6H2. The van der Waals surface area contributed by atoms with Gasteiger partial charge in [0.15, 0.2) is 0 Å². The molecule has 1 heterocycles. The lowest BCUT2D eigenvalue weighted by molar-refractivity contribution is 0.751. The van der Waals surface area contributed by atoms with Crippen molar-refractivity contribution in [1.29, 1.82) is 0 Å². The summed E-state index contributed by atoms with van der Waals surface area (Å²) in [7, 11) is 0. The Morgan fingerprint density at radius 1 is 1.44 bits per heavy atom. The molecule has 0 bridgehead atoms. The Bertz CT molecular complexity index is 444. The van der Waals surface area contributed by atoms with E-state index >= 15 is 0 Å². The lowest BCUT2D eigenvalue weighted by atomic mass is 9.96. The van der Waals surface area contributed by atoms with Crippen LogP contribution in [0, 0.1) is 0 Å². The first-order chi connectivity index (χ1) is 7.79. The van der Waals surface area contributed by atoms with Gasteiger partial charge in [0.1, 0.15) is 0 Å². The fourth-order valence-electron chi connectivity index (χ4n) is 1.61. The summed E-state index contributed by atoms with van der Waals surface area (Å²) in [5, 5.41) is 2.08. The van der Waals surface area contributed by atoms with Crippen molar-refractivity contribution in [1.82, 2.24) is 4.98 Å². The van der Waals surface area contributed by atoms with Crippen molar-refractivity contribution >= 4 is 38.9 Å². The number of thiazole rings is 1. The number of halogens is 2. The Morgan fingerprint density at radius 3 is 2.94 bits per heavy atom. The molecule has 16 heavy (non-hydrogen) atoms. The third-order valence-electron chi connectivity index (χ3n) is 2.45. The van der Waals surface area contributed by atoms with E-state index in [-0.39, 0.29) is 0 Å². The number of benzene rings is 1. The highest BCUT2D eigenvalue weighted by atomic mass is 79.9. The molecule has 0 amide bonds. The Labute approximate surface area is 113 Å². The smallest absolute Gasteiger partial charge is 0.0794 e. The van der Waals surface area contributed by atoms with Crippen LogP contribution in [0.5, 0.6) is 0 Å². The molecular weight excluding hydrogens is 306 g/mol.